The Morgan fingerprint density at radius 2 is 1.00 bits per heavy atom. The summed E-state index contributed by atoms with van der Waals surface area (Å²) in [5, 5.41) is 7.10. The topological polar surface area (TPSA) is 56.7 Å². The minimum absolute atomic E-state index is 0.655. The molecular formula is C51H30N4OS. The minimum atomic E-state index is 0.655. The zero-order valence-corrected chi connectivity index (χ0v) is 31.2. The third-order valence-electron chi connectivity index (χ3n) is 11.1. The lowest BCUT2D eigenvalue weighted by molar-refractivity contribution is 0.668. The zero-order valence-electron chi connectivity index (χ0n) is 30.4. The largest absolute Gasteiger partial charge is 0.456 e. The molecule has 12 aromatic rings. The smallest absolute Gasteiger partial charge is 0.165 e. The molecule has 4 aromatic heterocycles. The van der Waals surface area contributed by atoms with Crippen LogP contribution in [0.2, 0.25) is 0 Å². The molecule has 0 N–H and O–H groups in total. The lowest BCUT2D eigenvalue weighted by atomic mass is 9.98. The molecule has 0 saturated carbocycles. The van der Waals surface area contributed by atoms with E-state index >= 15 is 0 Å². The van der Waals surface area contributed by atoms with Gasteiger partial charge < -0.3 is 8.98 Å². The number of nitrogens with zero attached hydrogens (tertiary/aromatic N) is 4. The predicted molar refractivity (Wildman–Crippen MR) is 236 cm³/mol. The van der Waals surface area contributed by atoms with E-state index in [4.69, 9.17) is 19.4 Å². The molecule has 0 bridgehead atoms. The Morgan fingerprint density at radius 3 is 1.72 bits per heavy atom. The molecule has 0 unspecified atom stereocenters. The van der Waals surface area contributed by atoms with E-state index in [1.54, 1.807) is 11.3 Å². The molecular weight excluding hydrogens is 717 g/mol. The Bertz CT molecular complexity index is 3420. The van der Waals surface area contributed by atoms with Crippen LogP contribution in [0.4, 0.5) is 0 Å². The number of hydrogen-bond acceptors (Lipinski definition) is 5. The number of rotatable bonds is 5. The standard InChI is InChI=1S/C51H30N4OS/c1-3-13-31(14-4-1)49-52-50(32-15-5-2-6-16-32)54-51(53-49)41-21-11-20-39-38-27-25-33(29-46(38)57-48(39)41)35-19-12-24-44-47(35)40-28-26-34(30-45(40)56-44)55-42-22-9-7-17-36(42)37-18-8-10-23-43(37)55/h1-30H. The summed E-state index contributed by atoms with van der Waals surface area (Å²) in [5.74, 6) is 1.97. The fourth-order valence-electron chi connectivity index (χ4n) is 8.47. The van der Waals surface area contributed by atoms with Crippen LogP contribution in [0.5, 0.6) is 0 Å². The van der Waals surface area contributed by atoms with Crippen LogP contribution >= 0.6 is 11.3 Å². The van der Waals surface area contributed by atoms with E-state index in [1.807, 2.05) is 60.7 Å². The Hall–Kier alpha value is -7.41. The van der Waals surface area contributed by atoms with Crippen LogP contribution in [0.25, 0.3) is 115 Å². The minimum Gasteiger partial charge on any atom is -0.456 e. The van der Waals surface area contributed by atoms with Gasteiger partial charge in [0, 0.05) is 70.2 Å². The second kappa shape index (κ2) is 12.6. The van der Waals surface area contributed by atoms with Crippen LogP contribution in [0.3, 0.4) is 0 Å². The molecule has 4 heterocycles. The third-order valence-corrected chi connectivity index (χ3v) is 12.3. The molecule has 8 aromatic carbocycles. The zero-order chi connectivity index (χ0) is 37.5. The summed E-state index contributed by atoms with van der Waals surface area (Å²) >= 11 is 1.78. The predicted octanol–water partition coefficient (Wildman–Crippen LogP) is 13.9. The van der Waals surface area contributed by atoms with Crippen molar-refractivity contribution in [1.82, 2.24) is 19.5 Å². The van der Waals surface area contributed by atoms with Crippen molar-refractivity contribution in [3.63, 3.8) is 0 Å². The first kappa shape index (κ1) is 31.9. The molecule has 0 fully saturated rings. The highest BCUT2D eigenvalue weighted by Crippen LogP contribution is 2.44. The van der Waals surface area contributed by atoms with Gasteiger partial charge in [0.25, 0.3) is 0 Å². The first-order chi connectivity index (χ1) is 28.2. The lowest BCUT2D eigenvalue weighted by Crippen LogP contribution is -2.00. The summed E-state index contributed by atoms with van der Waals surface area (Å²) in [6.07, 6.45) is 0. The molecule has 6 heteroatoms. The van der Waals surface area contributed by atoms with Gasteiger partial charge in [0.2, 0.25) is 0 Å². The van der Waals surface area contributed by atoms with E-state index in [2.05, 4.69) is 126 Å². The lowest BCUT2D eigenvalue weighted by Gasteiger charge is -2.09. The molecule has 0 aliphatic rings. The number of hydrogen-bond donors (Lipinski definition) is 0. The van der Waals surface area contributed by atoms with E-state index in [9.17, 15) is 0 Å². The number of furan rings is 1. The van der Waals surface area contributed by atoms with Gasteiger partial charge in [-0.05, 0) is 53.6 Å². The van der Waals surface area contributed by atoms with Gasteiger partial charge >= 0.3 is 0 Å². The van der Waals surface area contributed by atoms with Gasteiger partial charge in [0.05, 0.1) is 11.0 Å². The van der Waals surface area contributed by atoms with Crippen molar-refractivity contribution < 1.29 is 4.42 Å². The van der Waals surface area contributed by atoms with Crippen LogP contribution in [0.1, 0.15) is 0 Å². The van der Waals surface area contributed by atoms with Crippen molar-refractivity contribution in [1.29, 1.82) is 0 Å². The molecule has 57 heavy (non-hydrogen) atoms. The molecule has 266 valence electrons. The number of aromatic nitrogens is 4. The summed E-state index contributed by atoms with van der Waals surface area (Å²) in [7, 11) is 0. The van der Waals surface area contributed by atoms with Crippen molar-refractivity contribution in [3.05, 3.63) is 182 Å². The summed E-state index contributed by atoms with van der Waals surface area (Å²) < 4.78 is 11.3. The molecule has 0 amide bonds. The van der Waals surface area contributed by atoms with Crippen LogP contribution in [0.15, 0.2) is 186 Å². The van der Waals surface area contributed by atoms with Crippen LogP contribution < -0.4 is 0 Å². The average molecular weight is 747 g/mol. The number of benzene rings is 8. The fraction of sp³-hybridized carbons (Fsp3) is 0. The van der Waals surface area contributed by atoms with Gasteiger partial charge in [-0.3, -0.25) is 0 Å². The van der Waals surface area contributed by atoms with Crippen molar-refractivity contribution in [3.8, 4) is 51.0 Å². The van der Waals surface area contributed by atoms with Gasteiger partial charge in [-0.1, -0.05) is 133 Å². The van der Waals surface area contributed by atoms with Gasteiger partial charge in [-0.2, -0.15) is 0 Å². The highest BCUT2D eigenvalue weighted by molar-refractivity contribution is 7.26. The van der Waals surface area contributed by atoms with Crippen molar-refractivity contribution in [2.75, 3.05) is 0 Å². The molecule has 0 saturated heterocycles. The van der Waals surface area contributed by atoms with E-state index in [0.29, 0.717) is 17.5 Å². The summed E-state index contributed by atoms with van der Waals surface area (Å²) in [6, 6.07) is 63.7. The van der Waals surface area contributed by atoms with E-state index < -0.39 is 0 Å². The monoisotopic (exact) mass is 746 g/mol. The Balaban J connectivity index is 0.994. The van der Waals surface area contributed by atoms with Crippen LogP contribution in [-0.4, -0.2) is 19.5 Å². The SMILES string of the molecule is c1ccc(-c2nc(-c3ccccc3)nc(-c3cccc4c3sc3cc(-c5cccc6oc7cc(-n8c9ccccc9c9ccccc98)ccc7c56)ccc34)n2)cc1. The van der Waals surface area contributed by atoms with Crippen molar-refractivity contribution in [2.24, 2.45) is 0 Å². The molecule has 12 rings (SSSR count). The molecule has 0 radical (unpaired) electrons. The second-order valence-corrected chi connectivity index (χ2v) is 15.4. The summed E-state index contributed by atoms with van der Waals surface area (Å²) in [5.41, 5.74) is 10.4. The molecule has 0 aliphatic heterocycles. The number of fused-ring (bicyclic) bond motifs is 9. The van der Waals surface area contributed by atoms with Crippen LogP contribution in [-0.2, 0) is 0 Å². The Labute approximate surface area is 330 Å². The Kier molecular flexibility index (Phi) is 7.03. The maximum atomic E-state index is 6.63. The number of para-hydroxylation sites is 2. The third kappa shape index (κ3) is 5.04. The van der Waals surface area contributed by atoms with Gasteiger partial charge in [-0.25, -0.2) is 15.0 Å². The van der Waals surface area contributed by atoms with Gasteiger partial charge in [0.1, 0.15) is 11.2 Å². The normalized spacial score (nSPS) is 11.9. The van der Waals surface area contributed by atoms with Gasteiger partial charge in [0.15, 0.2) is 17.5 Å². The van der Waals surface area contributed by atoms with E-state index in [1.165, 1.54) is 37.3 Å². The first-order valence-electron chi connectivity index (χ1n) is 19.0. The summed E-state index contributed by atoms with van der Waals surface area (Å²) in [4.78, 5) is 15.1. The fourth-order valence-corrected chi connectivity index (χ4v) is 9.72. The van der Waals surface area contributed by atoms with Gasteiger partial charge in [-0.15, -0.1) is 11.3 Å². The maximum absolute atomic E-state index is 6.63. The van der Waals surface area contributed by atoms with Crippen LogP contribution in [0, 0.1) is 0 Å². The quantitative estimate of drug-likeness (QED) is 0.176. The molecule has 0 aliphatic carbocycles. The van der Waals surface area contributed by atoms with E-state index in [-0.39, 0.29) is 0 Å². The second-order valence-electron chi connectivity index (χ2n) is 14.4. The molecule has 0 atom stereocenters. The van der Waals surface area contributed by atoms with Crippen molar-refractivity contribution in [2.45, 2.75) is 0 Å². The first-order valence-corrected chi connectivity index (χ1v) is 19.8. The Morgan fingerprint density at radius 1 is 0.404 bits per heavy atom. The molecule has 0 spiro atoms. The maximum Gasteiger partial charge on any atom is 0.165 e. The summed E-state index contributed by atoms with van der Waals surface area (Å²) in [6.45, 7) is 0. The number of thiophene rings is 1. The van der Waals surface area contributed by atoms with E-state index in [0.717, 1.165) is 60.1 Å². The molecule has 5 nitrogen and oxygen atoms in total. The average Bonchev–Trinajstić information content (AvgIpc) is 3.96. The highest BCUT2D eigenvalue weighted by Gasteiger charge is 2.19. The van der Waals surface area contributed by atoms with Crippen molar-refractivity contribution >= 4 is 75.3 Å². The highest BCUT2D eigenvalue weighted by atomic mass is 32.1.